The molecule has 0 amide bonds. The van der Waals surface area contributed by atoms with E-state index < -0.39 is 9.84 Å². The van der Waals surface area contributed by atoms with Crippen LogP contribution in [0.4, 0.5) is 0 Å². The van der Waals surface area contributed by atoms with Crippen LogP contribution in [-0.4, -0.2) is 52.1 Å². The van der Waals surface area contributed by atoms with E-state index in [4.69, 9.17) is 4.74 Å². The molecule has 1 aliphatic heterocycles. The molecule has 1 heterocycles. The molecule has 0 saturated carbocycles. The summed E-state index contributed by atoms with van der Waals surface area (Å²) in [7, 11) is -1.23. The first-order chi connectivity index (χ1) is 10.5. The zero-order chi connectivity index (χ0) is 16.0. The van der Waals surface area contributed by atoms with Crippen molar-refractivity contribution in [2.75, 3.05) is 31.7 Å². The highest BCUT2D eigenvalue weighted by Gasteiger charge is 2.28. The summed E-state index contributed by atoms with van der Waals surface area (Å²) in [4.78, 5) is 4.09. The molecule has 1 fully saturated rings. The molecule has 0 radical (unpaired) electrons. The molecule has 0 aliphatic carbocycles. The Hall–Kier alpha value is -1.28. The number of aliphatic imine (C=N–C) groups is 1. The number of ether oxygens (including phenoxy) is 1. The highest BCUT2D eigenvalue weighted by atomic mass is 79.9. The monoisotopic (exact) mass is 389 g/mol. The summed E-state index contributed by atoms with van der Waals surface area (Å²) in [6, 6.07) is 7.57. The summed E-state index contributed by atoms with van der Waals surface area (Å²) in [5.74, 6) is 1.80. The number of benzene rings is 1. The fourth-order valence-corrected chi connectivity index (χ4v) is 4.24. The standard InChI is InChI=1S/C14H20BrN3O3S/c1-16-14(18-12-5-8-22(19,20)10-12)17-6-7-21-13-4-2-3-11(15)9-13/h2-4,9,12H,5-8,10H2,1H3,(H2,16,17,18). The summed E-state index contributed by atoms with van der Waals surface area (Å²) in [6.07, 6.45) is 0.623. The average molecular weight is 390 g/mol. The molecule has 22 heavy (non-hydrogen) atoms. The van der Waals surface area contributed by atoms with Crippen molar-refractivity contribution < 1.29 is 13.2 Å². The Morgan fingerprint density at radius 2 is 2.32 bits per heavy atom. The van der Waals surface area contributed by atoms with Crippen LogP contribution in [0.3, 0.4) is 0 Å². The van der Waals surface area contributed by atoms with Gasteiger partial charge in [0, 0.05) is 17.6 Å². The first-order valence-electron chi connectivity index (χ1n) is 7.04. The third-order valence-electron chi connectivity index (χ3n) is 3.26. The van der Waals surface area contributed by atoms with Crippen LogP contribution in [0, 0.1) is 0 Å². The largest absolute Gasteiger partial charge is 0.492 e. The maximum Gasteiger partial charge on any atom is 0.191 e. The van der Waals surface area contributed by atoms with Crippen molar-refractivity contribution in [3.8, 4) is 5.75 Å². The van der Waals surface area contributed by atoms with Gasteiger partial charge in [-0.05, 0) is 24.6 Å². The van der Waals surface area contributed by atoms with Gasteiger partial charge in [0.25, 0.3) is 0 Å². The maximum absolute atomic E-state index is 11.4. The van der Waals surface area contributed by atoms with Crippen molar-refractivity contribution in [2.24, 2.45) is 4.99 Å². The molecule has 6 nitrogen and oxygen atoms in total. The molecular formula is C14H20BrN3O3S. The number of hydrogen-bond donors (Lipinski definition) is 2. The minimum Gasteiger partial charge on any atom is -0.492 e. The zero-order valence-electron chi connectivity index (χ0n) is 12.4. The predicted molar refractivity (Wildman–Crippen MR) is 91.2 cm³/mol. The summed E-state index contributed by atoms with van der Waals surface area (Å²) >= 11 is 3.39. The molecule has 1 aromatic rings. The van der Waals surface area contributed by atoms with E-state index in [1.165, 1.54) is 0 Å². The van der Waals surface area contributed by atoms with Crippen molar-refractivity contribution in [3.05, 3.63) is 28.7 Å². The fourth-order valence-electron chi connectivity index (χ4n) is 2.19. The molecule has 2 N–H and O–H groups in total. The molecule has 1 atom stereocenters. The third kappa shape index (κ3) is 5.49. The predicted octanol–water partition coefficient (Wildman–Crippen LogP) is 1.18. The van der Waals surface area contributed by atoms with Gasteiger partial charge < -0.3 is 15.4 Å². The minimum atomic E-state index is -2.89. The second-order valence-electron chi connectivity index (χ2n) is 5.05. The Bertz CT molecular complexity index is 634. The Morgan fingerprint density at radius 3 is 2.95 bits per heavy atom. The van der Waals surface area contributed by atoms with E-state index in [2.05, 4.69) is 31.6 Å². The summed E-state index contributed by atoms with van der Waals surface area (Å²) in [6.45, 7) is 1.06. The summed E-state index contributed by atoms with van der Waals surface area (Å²) < 4.78 is 29.4. The first kappa shape index (κ1) is 17.1. The molecule has 0 aromatic heterocycles. The van der Waals surface area contributed by atoms with Gasteiger partial charge in [0.05, 0.1) is 18.1 Å². The van der Waals surface area contributed by atoms with Crippen LogP contribution in [-0.2, 0) is 9.84 Å². The number of nitrogens with one attached hydrogen (secondary N) is 2. The molecule has 0 bridgehead atoms. The lowest BCUT2D eigenvalue weighted by molar-refractivity contribution is 0.321. The van der Waals surface area contributed by atoms with Crippen molar-refractivity contribution in [1.29, 1.82) is 0 Å². The van der Waals surface area contributed by atoms with Crippen molar-refractivity contribution in [2.45, 2.75) is 12.5 Å². The highest BCUT2D eigenvalue weighted by molar-refractivity contribution is 9.10. The SMILES string of the molecule is CN=C(NCCOc1cccc(Br)c1)NC1CCS(=O)(=O)C1. The lowest BCUT2D eigenvalue weighted by Crippen LogP contribution is -2.45. The van der Waals surface area contributed by atoms with Gasteiger partial charge in [0.1, 0.15) is 12.4 Å². The number of rotatable bonds is 5. The van der Waals surface area contributed by atoms with Gasteiger partial charge in [-0.25, -0.2) is 8.42 Å². The smallest absolute Gasteiger partial charge is 0.191 e. The zero-order valence-corrected chi connectivity index (χ0v) is 14.8. The second kappa shape index (κ2) is 7.82. The topological polar surface area (TPSA) is 79.8 Å². The summed E-state index contributed by atoms with van der Waals surface area (Å²) in [5.41, 5.74) is 0. The molecule has 1 aromatic carbocycles. The Morgan fingerprint density at radius 1 is 1.50 bits per heavy atom. The van der Waals surface area contributed by atoms with E-state index in [1.807, 2.05) is 24.3 Å². The van der Waals surface area contributed by atoms with Crippen molar-refractivity contribution in [1.82, 2.24) is 10.6 Å². The van der Waals surface area contributed by atoms with Gasteiger partial charge in [-0.1, -0.05) is 22.0 Å². The lowest BCUT2D eigenvalue weighted by Gasteiger charge is -2.16. The van der Waals surface area contributed by atoms with Crippen molar-refractivity contribution in [3.63, 3.8) is 0 Å². The van der Waals surface area contributed by atoms with E-state index in [0.717, 1.165) is 10.2 Å². The van der Waals surface area contributed by atoms with Crippen LogP contribution < -0.4 is 15.4 Å². The number of halogens is 1. The quantitative estimate of drug-likeness (QED) is 0.449. The van der Waals surface area contributed by atoms with Gasteiger partial charge in [-0.2, -0.15) is 0 Å². The minimum absolute atomic E-state index is 0.0674. The molecule has 8 heteroatoms. The summed E-state index contributed by atoms with van der Waals surface area (Å²) in [5, 5.41) is 6.24. The van der Waals surface area contributed by atoms with E-state index in [1.54, 1.807) is 7.05 Å². The number of hydrogen-bond acceptors (Lipinski definition) is 4. The lowest BCUT2D eigenvalue weighted by atomic mass is 10.3. The van der Waals surface area contributed by atoms with Crippen LogP contribution in [0.5, 0.6) is 5.75 Å². The molecule has 1 saturated heterocycles. The third-order valence-corrected chi connectivity index (χ3v) is 5.52. The van der Waals surface area contributed by atoms with Crippen molar-refractivity contribution >= 4 is 31.7 Å². The fraction of sp³-hybridized carbons (Fsp3) is 0.500. The number of nitrogens with zero attached hydrogens (tertiary/aromatic N) is 1. The molecule has 1 unspecified atom stereocenters. The van der Waals surface area contributed by atoms with Gasteiger partial charge in [-0.3, -0.25) is 4.99 Å². The van der Waals surface area contributed by atoms with E-state index in [-0.39, 0.29) is 17.5 Å². The average Bonchev–Trinajstić information content (AvgIpc) is 2.81. The van der Waals surface area contributed by atoms with Crippen LogP contribution in [0.1, 0.15) is 6.42 Å². The van der Waals surface area contributed by atoms with Gasteiger partial charge in [0.2, 0.25) is 0 Å². The molecule has 0 spiro atoms. The normalized spacial score (nSPS) is 20.6. The molecule has 122 valence electrons. The Labute approximate surface area is 139 Å². The molecule has 2 rings (SSSR count). The highest BCUT2D eigenvalue weighted by Crippen LogP contribution is 2.17. The first-order valence-corrected chi connectivity index (χ1v) is 9.66. The Balaban J connectivity index is 1.71. The van der Waals surface area contributed by atoms with Gasteiger partial charge >= 0.3 is 0 Å². The van der Waals surface area contributed by atoms with Crippen LogP contribution in [0.15, 0.2) is 33.7 Å². The van der Waals surface area contributed by atoms with Gasteiger partial charge in [-0.15, -0.1) is 0 Å². The Kier molecular flexibility index (Phi) is 6.07. The van der Waals surface area contributed by atoms with E-state index in [0.29, 0.717) is 25.5 Å². The van der Waals surface area contributed by atoms with E-state index in [9.17, 15) is 8.42 Å². The van der Waals surface area contributed by atoms with Gasteiger partial charge in [0.15, 0.2) is 15.8 Å². The number of guanidine groups is 1. The van der Waals surface area contributed by atoms with Crippen LogP contribution in [0.25, 0.3) is 0 Å². The number of sulfone groups is 1. The maximum atomic E-state index is 11.4. The molecular weight excluding hydrogens is 370 g/mol. The molecule has 1 aliphatic rings. The second-order valence-corrected chi connectivity index (χ2v) is 8.19. The van der Waals surface area contributed by atoms with Crippen LogP contribution in [0.2, 0.25) is 0 Å². The van der Waals surface area contributed by atoms with Crippen LogP contribution >= 0.6 is 15.9 Å². The van der Waals surface area contributed by atoms with E-state index >= 15 is 0 Å².